The van der Waals surface area contributed by atoms with Gasteiger partial charge in [-0.15, -0.1) is 0 Å². The summed E-state index contributed by atoms with van der Waals surface area (Å²) in [5.41, 5.74) is 0.837. The minimum Gasteiger partial charge on any atom is -0.384 e. The zero-order chi connectivity index (χ0) is 16.1. The van der Waals surface area contributed by atoms with Gasteiger partial charge >= 0.3 is 0 Å². The summed E-state index contributed by atoms with van der Waals surface area (Å²) in [6, 6.07) is 5.28. The number of carbonyl (C=O) groups is 2. The maximum Gasteiger partial charge on any atom is 0.224 e. The molecule has 1 N–H and O–H groups in total. The number of piperazine rings is 1. The quantitative estimate of drug-likeness (QED) is 0.913. The fourth-order valence-electron chi connectivity index (χ4n) is 2.35. The first-order chi connectivity index (χ1) is 10.5. The molecule has 0 atom stereocenters. The molecule has 0 radical (unpaired) electrons. The normalized spacial score (nSPS) is 14.9. The number of amides is 2. The van der Waals surface area contributed by atoms with Gasteiger partial charge in [0.25, 0.3) is 0 Å². The predicted octanol–water partition coefficient (Wildman–Crippen LogP) is 2.49. The maximum absolute atomic E-state index is 12.1. The molecule has 2 amide bonds. The zero-order valence-electron chi connectivity index (χ0n) is 12.4. The van der Waals surface area contributed by atoms with Crippen LogP contribution in [0.3, 0.4) is 0 Å². The summed E-state index contributed by atoms with van der Waals surface area (Å²) >= 11 is 11.8. The molecule has 5 nitrogen and oxygen atoms in total. The van der Waals surface area contributed by atoms with Gasteiger partial charge in [0.15, 0.2) is 0 Å². The van der Waals surface area contributed by atoms with Crippen LogP contribution >= 0.6 is 23.2 Å². The first-order valence-electron chi connectivity index (χ1n) is 7.19. The van der Waals surface area contributed by atoms with Crippen molar-refractivity contribution in [2.24, 2.45) is 0 Å². The highest BCUT2D eigenvalue weighted by molar-refractivity contribution is 6.42. The molecule has 1 heterocycles. The molecule has 120 valence electrons. The van der Waals surface area contributed by atoms with Crippen molar-refractivity contribution in [2.45, 2.75) is 13.3 Å². The first-order valence-corrected chi connectivity index (χ1v) is 7.95. The van der Waals surface area contributed by atoms with E-state index in [-0.39, 0.29) is 11.8 Å². The summed E-state index contributed by atoms with van der Waals surface area (Å²) in [6.45, 7) is 4.52. The molecule has 0 aromatic heterocycles. The smallest absolute Gasteiger partial charge is 0.224 e. The second-order valence-corrected chi connectivity index (χ2v) is 6.01. The molecule has 1 aromatic carbocycles. The van der Waals surface area contributed by atoms with Gasteiger partial charge in [0.1, 0.15) is 0 Å². The Kier molecular flexibility index (Phi) is 5.91. The number of anilines is 1. The number of hydrogen-bond acceptors (Lipinski definition) is 3. The molecular weight excluding hydrogens is 325 g/mol. The Hall–Kier alpha value is -1.46. The molecule has 7 heteroatoms. The number of halogens is 2. The second kappa shape index (κ2) is 7.70. The van der Waals surface area contributed by atoms with Crippen LogP contribution in [0.4, 0.5) is 5.69 Å². The van der Waals surface area contributed by atoms with Crippen molar-refractivity contribution >= 4 is 40.7 Å². The third kappa shape index (κ3) is 4.52. The lowest BCUT2D eigenvalue weighted by molar-refractivity contribution is -0.138. The van der Waals surface area contributed by atoms with Crippen molar-refractivity contribution in [3.05, 3.63) is 28.2 Å². The van der Waals surface area contributed by atoms with Gasteiger partial charge in [-0.3, -0.25) is 9.59 Å². The van der Waals surface area contributed by atoms with E-state index in [0.29, 0.717) is 49.2 Å². The van der Waals surface area contributed by atoms with Crippen molar-refractivity contribution in [3.63, 3.8) is 0 Å². The molecular formula is C15H19Cl2N3O2. The lowest BCUT2D eigenvalue weighted by Crippen LogP contribution is -2.50. The summed E-state index contributed by atoms with van der Waals surface area (Å²) in [7, 11) is 0. The summed E-state index contributed by atoms with van der Waals surface area (Å²) in [6.07, 6.45) is 0.403. The first kappa shape index (κ1) is 16.9. The van der Waals surface area contributed by atoms with Crippen molar-refractivity contribution in [3.8, 4) is 0 Å². The number of carbonyl (C=O) groups excluding carboxylic acids is 2. The number of benzene rings is 1. The molecule has 2 rings (SSSR count). The largest absolute Gasteiger partial charge is 0.384 e. The maximum atomic E-state index is 12.1. The molecule has 0 spiro atoms. The summed E-state index contributed by atoms with van der Waals surface area (Å²) < 4.78 is 0. The Morgan fingerprint density at radius 1 is 1.09 bits per heavy atom. The van der Waals surface area contributed by atoms with Gasteiger partial charge in [0.05, 0.1) is 10.0 Å². The highest BCUT2D eigenvalue weighted by Crippen LogP contribution is 2.24. The standard InChI is InChI=1S/C15H19Cl2N3O2/c1-11(21)19-6-8-20(9-7-19)15(22)4-5-18-12-2-3-13(16)14(17)10-12/h2-3,10,18H,4-9H2,1H3. The summed E-state index contributed by atoms with van der Waals surface area (Å²) in [4.78, 5) is 26.9. The van der Waals surface area contributed by atoms with Crippen LogP contribution in [-0.4, -0.2) is 54.3 Å². The molecule has 0 aliphatic carbocycles. The highest BCUT2D eigenvalue weighted by Gasteiger charge is 2.21. The lowest BCUT2D eigenvalue weighted by Gasteiger charge is -2.34. The Balaban J connectivity index is 1.74. The summed E-state index contributed by atoms with van der Waals surface area (Å²) in [5, 5.41) is 4.15. The molecule has 1 aliphatic rings. The number of nitrogens with one attached hydrogen (secondary N) is 1. The van der Waals surface area contributed by atoms with Gasteiger partial charge in [-0.1, -0.05) is 23.2 Å². The van der Waals surface area contributed by atoms with Gasteiger partial charge < -0.3 is 15.1 Å². The van der Waals surface area contributed by atoms with Crippen LogP contribution in [0.1, 0.15) is 13.3 Å². The van der Waals surface area contributed by atoms with Crippen LogP contribution in [-0.2, 0) is 9.59 Å². The SMILES string of the molecule is CC(=O)N1CCN(C(=O)CCNc2ccc(Cl)c(Cl)c2)CC1. The number of hydrogen-bond donors (Lipinski definition) is 1. The lowest BCUT2D eigenvalue weighted by atomic mass is 10.2. The predicted molar refractivity (Wildman–Crippen MR) is 88.4 cm³/mol. The van der Waals surface area contributed by atoms with E-state index in [1.54, 1.807) is 28.9 Å². The van der Waals surface area contributed by atoms with Crippen LogP contribution in [0.2, 0.25) is 10.0 Å². The van der Waals surface area contributed by atoms with Gasteiger partial charge in [-0.25, -0.2) is 0 Å². The van der Waals surface area contributed by atoms with Crippen LogP contribution in [0.25, 0.3) is 0 Å². The van der Waals surface area contributed by atoms with Crippen LogP contribution < -0.4 is 5.32 Å². The second-order valence-electron chi connectivity index (χ2n) is 5.19. The third-order valence-corrected chi connectivity index (χ3v) is 4.40. The fraction of sp³-hybridized carbons (Fsp3) is 0.467. The van der Waals surface area contributed by atoms with E-state index in [2.05, 4.69) is 5.32 Å². The van der Waals surface area contributed by atoms with Crippen LogP contribution in [0.15, 0.2) is 18.2 Å². The minimum atomic E-state index is 0.0633. The van der Waals surface area contributed by atoms with E-state index < -0.39 is 0 Å². The van der Waals surface area contributed by atoms with Gasteiger partial charge in [-0.2, -0.15) is 0 Å². The fourth-order valence-corrected chi connectivity index (χ4v) is 2.65. The highest BCUT2D eigenvalue weighted by atomic mass is 35.5. The Labute approximate surface area is 140 Å². The molecule has 0 saturated carbocycles. The van der Waals surface area contributed by atoms with Crippen molar-refractivity contribution in [1.82, 2.24) is 9.80 Å². The van der Waals surface area contributed by atoms with E-state index in [4.69, 9.17) is 23.2 Å². The zero-order valence-corrected chi connectivity index (χ0v) is 14.0. The van der Waals surface area contributed by atoms with Crippen molar-refractivity contribution in [1.29, 1.82) is 0 Å². The van der Waals surface area contributed by atoms with E-state index >= 15 is 0 Å². The van der Waals surface area contributed by atoms with E-state index in [0.717, 1.165) is 5.69 Å². The monoisotopic (exact) mass is 343 g/mol. The van der Waals surface area contributed by atoms with Crippen LogP contribution in [0, 0.1) is 0 Å². The van der Waals surface area contributed by atoms with Gasteiger partial charge in [-0.05, 0) is 18.2 Å². The van der Waals surface area contributed by atoms with Gasteiger partial charge in [0, 0.05) is 51.8 Å². The molecule has 1 aromatic rings. The van der Waals surface area contributed by atoms with Crippen molar-refractivity contribution < 1.29 is 9.59 Å². The molecule has 1 aliphatic heterocycles. The Bertz CT molecular complexity index is 558. The molecule has 1 fully saturated rings. The van der Waals surface area contributed by atoms with Crippen molar-refractivity contribution in [2.75, 3.05) is 38.0 Å². The molecule has 0 unspecified atom stereocenters. The number of nitrogens with zero attached hydrogens (tertiary/aromatic N) is 2. The van der Waals surface area contributed by atoms with E-state index in [1.807, 2.05) is 6.07 Å². The topological polar surface area (TPSA) is 52.7 Å². The molecule has 1 saturated heterocycles. The minimum absolute atomic E-state index is 0.0633. The average Bonchev–Trinajstić information content (AvgIpc) is 2.51. The average molecular weight is 344 g/mol. The Morgan fingerprint density at radius 3 is 2.32 bits per heavy atom. The summed E-state index contributed by atoms with van der Waals surface area (Å²) in [5.74, 6) is 0.157. The van der Waals surface area contributed by atoms with Crippen LogP contribution in [0.5, 0.6) is 0 Å². The number of rotatable bonds is 4. The van der Waals surface area contributed by atoms with E-state index in [1.165, 1.54) is 0 Å². The molecule has 22 heavy (non-hydrogen) atoms. The molecule has 0 bridgehead atoms. The van der Waals surface area contributed by atoms with Gasteiger partial charge in [0.2, 0.25) is 11.8 Å². The third-order valence-electron chi connectivity index (χ3n) is 3.67. The Morgan fingerprint density at radius 2 is 1.73 bits per heavy atom. The van der Waals surface area contributed by atoms with E-state index in [9.17, 15) is 9.59 Å².